The van der Waals surface area contributed by atoms with E-state index in [1.165, 1.54) is 15.3 Å². The fourth-order valence-corrected chi connectivity index (χ4v) is 2.59. The first-order chi connectivity index (χ1) is 7.50. The molecule has 92 valence electrons. The highest BCUT2D eigenvalue weighted by Crippen LogP contribution is 2.21. The van der Waals surface area contributed by atoms with Crippen LogP contribution < -0.4 is 11.1 Å². The number of hydrogen-bond acceptors (Lipinski definition) is 3. The van der Waals surface area contributed by atoms with Crippen molar-refractivity contribution in [3.8, 4) is 0 Å². The number of hydrogen-bond donors (Lipinski definition) is 2. The van der Waals surface area contributed by atoms with E-state index in [1.807, 2.05) is 11.3 Å². The molecule has 0 amide bonds. The van der Waals surface area contributed by atoms with Crippen LogP contribution in [0.3, 0.4) is 0 Å². The van der Waals surface area contributed by atoms with E-state index in [0.29, 0.717) is 0 Å². The van der Waals surface area contributed by atoms with Crippen LogP contribution in [0.1, 0.15) is 35.6 Å². The monoisotopic (exact) mass is 240 g/mol. The summed E-state index contributed by atoms with van der Waals surface area (Å²) in [6.07, 6.45) is 1.12. The molecule has 0 saturated carbocycles. The third-order valence-corrected chi connectivity index (χ3v) is 4.57. The Hall–Kier alpha value is -0.380. The van der Waals surface area contributed by atoms with Crippen molar-refractivity contribution >= 4 is 11.3 Å². The largest absolute Gasteiger partial charge is 0.330 e. The average Bonchev–Trinajstić information content (AvgIpc) is 2.58. The molecule has 1 rings (SSSR count). The molecule has 0 fully saturated rings. The number of rotatable bonds is 6. The Morgan fingerprint density at radius 3 is 2.56 bits per heavy atom. The van der Waals surface area contributed by atoms with Crippen LogP contribution in [0.15, 0.2) is 6.07 Å². The minimum Gasteiger partial charge on any atom is -0.330 e. The third kappa shape index (κ3) is 3.58. The molecule has 1 aromatic rings. The molecule has 0 aromatic carbocycles. The van der Waals surface area contributed by atoms with Crippen molar-refractivity contribution in [3.05, 3.63) is 21.4 Å². The molecular weight excluding hydrogens is 216 g/mol. The van der Waals surface area contributed by atoms with Crippen molar-refractivity contribution in [1.82, 2.24) is 5.32 Å². The SMILES string of the molecule is CCC(C)(CN)CNCc1cc(C)c(C)s1. The van der Waals surface area contributed by atoms with E-state index < -0.39 is 0 Å². The van der Waals surface area contributed by atoms with Gasteiger partial charge in [-0.05, 0) is 43.9 Å². The van der Waals surface area contributed by atoms with Gasteiger partial charge in [-0.1, -0.05) is 13.8 Å². The average molecular weight is 240 g/mol. The highest BCUT2D eigenvalue weighted by atomic mass is 32.1. The van der Waals surface area contributed by atoms with Crippen molar-refractivity contribution in [2.24, 2.45) is 11.1 Å². The summed E-state index contributed by atoms with van der Waals surface area (Å²) in [5.74, 6) is 0. The Morgan fingerprint density at radius 2 is 2.12 bits per heavy atom. The van der Waals surface area contributed by atoms with Gasteiger partial charge < -0.3 is 11.1 Å². The zero-order valence-electron chi connectivity index (χ0n) is 10.9. The number of thiophene rings is 1. The minimum absolute atomic E-state index is 0.237. The van der Waals surface area contributed by atoms with Crippen molar-refractivity contribution in [2.45, 2.75) is 40.7 Å². The molecule has 0 saturated heterocycles. The molecule has 2 nitrogen and oxygen atoms in total. The van der Waals surface area contributed by atoms with Crippen molar-refractivity contribution < 1.29 is 0 Å². The second kappa shape index (κ2) is 5.80. The van der Waals surface area contributed by atoms with Gasteiger partial charge >= 0.3 is 0 Å². The normalized spacial score (nSPS) is 15.1. The van der Waals surface area contributed by atoms with E-state index in [9.17, 15) is 0 Å². The van der Waals surface area contributed by atoms with Crippen LogP contribution >= 0.6 is 11.3 Å². The zero-order chi connectivity index (χ0) is 12.2. The van der Waals surface area contributed by atoms with Crippen LogP contribution in [0.2, 0.25) is 0 Å². The third-order valence-electron chi connectivity index (χ3n) is 3.41. The first kappa shape index (κ1) is 13.7. The lowest BCUT2D eigenvalue weighted by Gasteiger charge is -2.26. The van der Waals surface area contributed by atoms with Gasteiger partial charge in [0.1, 0.15) is 0 Å². The quantitative estimate of drug-likeness (QED) is 0.802. The lowest BCUT2D eigenvalue weighted by molar-refractivity contribution is 0.303. The van der Waals surface area contributed by atoms with Crippen LogP contribution in [0.5, 0.6) is 0 Å². The van der Waals surface area contributed by atoms with E-state index >= 15 is 0 Å². The molecule has 3 heteroatoms. The molecule has 16 heavy (non-hydrogen) atoms. The van der Waals surface area contributed by atoms with Gasteiger partial charge in [0.2, 0.25) is 0 Å². The predicted octanol–water partition coefficient (Wildman–Crippen LogP) is 2.83. The van der Waals surface area contributed by atoms with E-state index in [4.69, 9.17) is 5.73 Å². The molecule has 1 heterocycles. The molecule has 1 atom stereocenters. The fourth-order valence-electron chi connectivity index (χ4n) is 1.57. The molecule has 0 aliphatic rings. The molecular formula is C13H24N2S. The Bertz CT molecular complexity index is 307. The van der Waals surface area contributed by atoms with E-state index in [-0.39, 0.29) is 5.41 Å². The standard InChI is InChI=1S/C13H24N2S/c1-5-13(4,8-14)9-15-7-12-6-10(2)11(3)16-12/h6,15H,5,7-9,14H2,1-4H3. The van der Waals surface area contributed by atoms with Gasteiger partial charge in [0.25, 0.3) is 0 Å². The highest BCUT2D eigenvalue weighted by molar-refractivity contribution is 7.12. The second-order valence-electron chi connectivity index (χ2n) is 4.92. The molecule has 1 unspecified atom stereocenters. The van der Waals surface area contributed by atoms with Crippen LogP contribution in [0, 0.1) is 19.3 Å². The molecule has 0 aliphatic heterocycles. The zero-order valence-corrected chi connectivity index (χ0v) is 11.7. The van der Waals surface area contributed by atoms with E-state index in [1.54, 1.807) is 0 Å². The lowest BCUT2D eigenvalue weighted by atomic mass is 9.88. The molecule has 0 spiro atoms. The molecule has 0 bridgehead atoms. The Balaban J connectivity index is 2.41. The summed E-state index contributed by atoms with van der Waals surface area (Å²) in [5.41, 5.74) is 7.43. The van der Waals surface area contributed by atoms with Crippen LogP contribution in [-0.2, 0) is 6.54 Å². The van der Waals surface area contributed by atoms with Gasteiger partial charge in [0.15, 0.2) is 0 Å². The maximum Gasteiger partial charge on any atom is 0.0300 e. The lowest BCUT2D eigenvalue weighted by Crippen LogP contribution is -2.37. The van der Waals surface area contributed by atoms with Gasteiger partial charge in [-0.25, -0.2) is 0 Å². The Kier molecular flexibility index (Phi) is 4.96. The van der Waals surface area contributed by atoms with Crippen molar-refractivity contribution in [3.63, 3.8) is 0 Å². The van der Waals surface area contributed by atoms with Gasteiger partial charge in [-0.3, -0.25) is 0 Å². The summed E-state index contributed by atoms with van der Waals surface area (Å²) in [4.78, 5) is 2.85. The minimum atomic E-state index is 0.237. The fraction of sp³-hybridized carbons (Fsp3) is 0.692. The van der Waals surface area contributed by atoms with Crippen molar-refractivity contribution in [1.29, 1.82) is 0 Å². The van der Waals surface area contributed by atoms with E-state index in [0.717, 1.165) is 26.1 Å². The van der Waals surface area contributed by atoms with E-state index in [2.05, 4.69) is 39.1 Å². The van der Waals surface area contributed by atoms with Gasteiger partial charge in [-0.2, -0.15) is 0 Å². The molecule has 3 N–H and O–H groups in total. The summed E-state index contributed by atoms with van der Waals surface area (Å²) in [7, 11) is 0. The molecule has 1 aromatic heterocycles. The Labute approximate surface area is 103 Å². The smallest absolute Gasteiger partial charge is 0.0300 e. The Morgan fingerprint density at radius 1 is 1.44 bits per heavy atom. The van der Waals surface area contributed by atoms with Gasteiger partial charge in [0.05, 0.1) is 0 Å². The second-order valence-corrected chi connectivity index (χ2v) is 6.26. The van der Waals surface area contributed by atoms with Crippen LogP contribution in [0.4, 0.5) is 0 Å². The number of nitrogens with one attached hydrogen (secondary N) is 1. The van der Waals surface area contributed by atoms with Crippen molar-refractivity contribution in [2.75, 3.05) is 13.1 Å². The molecule has 0 radical (unpaired) electrons. The highest BCUT2D eigenvalue weighted by Gasteiger charge is 2.19. The summed E-state index contributed by atoms with van der Waals surface area (Å²) in [6, 6.07) is 2.28. The van der Waals surface area contributed by atoms with Gasteiger partial charge in [0, 0.05) is 22.8 Å². The first-order valence-electron chi connectivity index (χ1n) is 5.97. The van der Waals surface area contributed by atoms with Crippen LogP contribution in [0.25, 0.3) is 0 Å². The maximum absolute atomic E-state index is 5.79. The number of aryl methyl sites for hydroxylation is 2. The topological polar surface area (TPSA) is 38.0 Å². The summed E-state index contributed by atoms with van der Waals surface area (Å²) >= 11 is 1.89. The first-order valence-corrected chi connectivity index (χ1v) is 6.79. The molecule has 0 aliphatic carbocycles. The predicted molar refractivity (Wildman–Crippen MR) is 73.0 cm³/mol. The van der Waals surface area contributed by atoms with Crippen LogP contribution in [-0.4, -0.2) is 13.1 Å². The summed E-state index contributed by atoms with van der Waals surface area (Å²) in [5, 5.41) is 3.52. The number of nitrogens with two attached hydrogens (primary N) is 1. The maximum atomic E-state index is 5.79. The summed E-state index contributed by atoms with van der Waals surface area (Å²) in [6.45, 7) is 11.5. The van der Waals surface area contributed by atoms with Gasteiger partial charge in [-0.15, -0.1) is 11.3 Å². The summed E-state index contributed by atoms with van der Waals surface area (Å²) < 4.78 is 0.